The third-order valence-electron chi connectivity index (χ3n) is 6.43. The van der Waals surface area contributed by atoms with Crippen molar-refractivity contribution in [3.05, 3.63) is 95.6 Å². The molecular weight excluding hydrogens is 454 g/mol. The highest BCUT2D eigenvalue weighted by molar-refractivity contribution is 5.68. The van der Waals surface area contributed by atoms with E-state index in [1.54, 1.807) is 12.0 Å². The molecule has 1 amide bonds. The molecule has 0 saturated carbocycles. The van der Waals surface area contributed by atoms with Crippen molar-refractivity contribution in [2.45, 2.75) is 44.9 Å². The van der Waals surface area contributed by atoms with Gasteiger partial charge in [-0.15, -0.1) is 0 Å². The second-order valence-corrected chi connectivity index (χ2v) is 8.93. The quantitative estimate of drug-likeness (QED) is 0.347. The van der Waals surface area contributed by atoms with Gasteiger partial charge < -0.3 is 18.9 Å². The molecule has 0 spiro atoms. The zero-order valence-electron chi connectivity index (χ0n) is 21.1. The predicted octanol–water partition coefficient (Wildman–Crippen LogP) is 5.68. The van der Waals surface area contributed by atoms with Crippen LogP contribution in [0.4, 0.5) is 4.79 Å². The van der Waals surface area contributed by atoms with Crippen molar-refractivity contribution in [3.63, 3.8) is 0 Å². The molecule has 1 fully saturated rings. The topological polar surface area (TPSA) is 57.2 Å². The van der Waals surface area contributed by atoms with Gasteiger partial charge in [-0.1, -0.05) is 60.7 Å². The van der Waals surface area contributed by atoms with Crippen LogP contribution in [0.2, 0.25) is 0 Å². The lowest BCUT2D eigenvalue weighted by atomic mass is 10.0. The Hall–Kier alpha value is -3.51. The van der Waals surface area contributed by atoms with Crippen LogP contribution in [-0.4, -0.2) is 50.0 Å². The predicted molar refractivity (Wildman–Crippen MR) is 139 cm³/mol. The van der Waals surface area contributed by atoms with Gasteiger partial charge in [-0.2, -0.15) is 0 Å². The summed E-state index contributed by atoms with van der Waals surface area (Å²) in [7, 11) is 1.68. The SMILES string of the molecule is CCOC(=O)N1C[C@H](OCc2ccccc2)C[C@@H]1COc1ccccc1CCc1cccc(OC)c1. The second kappa shape index (κ2) is 13.0. The Bertz CT molecular complexity index is 1100. The van der Waals surface area contributed by atoms with Gasteiger partial charge in [0.25, 0.3) is 0 Å². The number of carbonyl (C=O) groups excluding carboxylic acids is 1. The number of aryl methyl sites for hydroxylation is 2. The number of nitrogens with zero attached hydrogens (tertiary/aromatic N) is 1. The van der Waals surface area contributed by atoms with E-state index >= 15 is 0 Å². The molecule has 4 rings (SSSR count). The van der Waals surface area contributed by atoms with Crippen LogP contribution in [0.3, 0.4) is 0 Å². The lowest BCUT2D eigenvalue weighted by molar-refractivity contribution is 0.0442. The third kappa shape index (κ3) is 7.01. The van der Waals surface area contributed by atoms with Crippen LogP contribution in [0.1, 0.15) is 30.0 Å². The molecular formula is C30H35NO5. The molecule has 2 atom stereocenters. The number of benzene rings is 3. The summed E-state index contributed by atoms with van der Waals surface area (Å²) in [5.41, 5.74) is 3.47. The summed E-state index contributed by atoms with van der Waals surface area (Å²) in [5, 5.41) is 0. The van der Waals surface area contributed by atoms with Crippen molar-refractivity contribution in [2.75, 3.05) is 26.9 Å². The zero-order chi connectivity index (χ0) is 25.2. The van der Waals surface area contributed by atoms with Gasteiger partial charge in [-0.3, -0.25) is 4.90 Å². The summed E-state index contributed by atoms with van der Waals surface area (Å²) in [4.78, 5) is 14.4. The maximum Gasteiger partial charge on any atom is 0.410 e. The molecule has 0 N–H and O–H groups in total. The van der Waals surface area contributed by atoms with E-state index in [1.807, 2.05) is 67.6 Å². The van der Waals surface area contributed by atoms with Gasteiger partial charge in [0, 0.05) is 0 Å². The van der Waals surface area contributed by atoms with Crippen LogP contribution >= 0.6 is 0 Å². The van der Waals surface area contributed by atoms with Crippen LogP contribution in [0, 0.1) is 0 Å². The average Bonchev–Trinajstić information content (AvgIpc) is 3.34. The van der Waals surface area contributed by atoms with Crippen LogP contribution in [0.25, 0.3) is 0 Å². The summed E-state index contributed by atoms with van der Waals surface area (Å²) in [6.07, 6.45) is 2.05. The highest BCUT2D eigenvalue weighted by atomic mass is 16.6. The Kier molecular flexibility index (Phi) is 9.22. The first-order chi connectivity index (χ1) is 17.7. The molecule has 1 saturated heterocycles. The van der Waals surface area contributed by atoms with Crippen molar-refractivity contribution in [3.8, 4) is 11.5 Å². The van der Waals surface area contributed by atoms with Crippen molar-refractivity contribution in [1.29, 1.82) is 0 Å². The van der Waals surface area contributed by atoms with Crippen LogP contribution in [0.5, 0.6) is 11.5 Å². The molecule has 0 aromatic heterocycles. The van der Waals surface area contributed by atoms with E-state index < -0.39 is 0 Å². The van der Waals surface area contributed by atoms with Gasteiger partial charge in [0.2, 0.25) is 0 Å². The first-order valence-corrected chi connectivity index (χ1v) is 12.6. The molecule has 190 valence electrons. The number of carbonyl (C=O) groups is 1. The van der Waals surface area contributed by atoms with E-state index in [-0.39, 0.29) is 18.2 Å². The number of hydrogen-bond donors (Lipinski definition) is 0. The van der Waals surface area contributed by atoms with Gasteiger partial charge >= 0.3 is 6.09 Å². The second-order valence-electron chi connectivity index (χ2n) is 8.93. The van der Waals surface area contributed by atoms with E-state index in [2.05, 4.69) is 18.2 Å². The molecule has 6 heteroatoms. The number of methoxy groups -OCH3 is 1. The van der Waals surface area contributed by atoms with E-state index in [0.29, 0.717) is 32.8 Å². The highest BCUT2D eigenvalue weighted by Gasteiger charge is 2.37. The zero-order valence-corrected chi connectivity index (χ0v) is 21.1. The number of rotatable bonds is 11. The summed E-state index contributed by atoms with van der Waals surface area (Å²) < 4.78 is 23.1. The molecule has 0 radical (unpaired) electrons. The Morgan fingerprint density at radius 3 is 2.53 bits per heavy atom. The van der Waals surface area contributed by atoms with Crippen molar-refractivity contribution < 1.29 is 23.7 Å². The monoisotopic (exact) mass is 489 g/mol. The fourth-order valence-corrected chi connectivity index (χ4v) is 4.51. The Balaban J connectivity index is 1.37. The maximum atomic E-state index is 12.6. The first kappa shape index (κ1) is 25.6. The molecule has 3 aromatic rings. The Morgan fingerprint density at radius 2 is 1.72 bits per heavy atom. The van der Waals surface area contributed by atoms with Gasteiger partial charge in [-0.05, 0) is 61.1 Å². The summed E-state index contributed by atoms with van der Waals surface area (Å²) in [6.45, 7) is 3.56. The normalized spacial score (nSPS) is 17.1. The van der Waals surface area contributed by atoms with Gasteiger partial charge in [0.15, 0.2) is 0 Å². The summed E-state index contributed by atoms with van der Waals surface area (Å²) in [6, 6.07) is 26.2. The molecule has 1 aliphatic rings. The minimum Gasteiger partial charge on any atom is -0.497 e. The number of amides is 1. The highest BCUT2D eigenvalue weighted by Crippen LogP contribution is 2.26. The van der Waals surface area contributed by atoms with E-state index in [4.69, 9.17) is 18.9 Å². The fraction of sp³-hybridized carbons (Fsp3) is 0.367. The van der Waals surface area contributed by atoms with Gasteiger partial charge in [0.1, 0.15) is 18.1 Å². The molecule has 0 bridgehead atoms. The summed E-state index contributed by atoms with van der Waals surface area (Å²) in [5.74, 6) is 1.71. The molecule has 1 heterocycles. The van der Waals surface area contributed by atoms with Crippen molar-refractivity contribution >= 4 is 6.09 Å². The number of likely N-dealkylation sites (tertiary alicyclic amines) is 1. The standard InChI is InChI=1S/C30H35NO5/c1-3-34-30(32)31-20-28(35-21-24-10-5-4-6-11-24)19-26(31)22-36-29-15-8-7-13-25(29)17-16-23-12-9-14-27(18-23)33-2/h4-15,18,26,28H,3,16-17,19-22H2,1-2H3/t26-,28-/m1/s1. The third-order valence-corrected chi connectivity index (χ3v) is 6.43. The Morgan fingerprint density at radius 1 is 0.944 bits per heavy atom. The molecule has 1 aliphatic heterocycles. The average molecular weight is 490 g/mol. The molecule has 6 nitrogen and oxygen atoms in total. The van der Waals surface area contributed by atoms with Gasteiger partial charge in [-0.25, -0.2) is 4.79 Å². The summed E-state index contributed by atoms with van der Waals surface area (Å²) >= 11 is 0. The van der Waals surface area contributed by atoms with Crippen molar-refractivity contribution in [2.24, 2.45) is 0 Å². The van der Waals surface area contributed by atoms with E-state index in [1.165, 1.54) is 5.56 Å². The van der Waals surface area contributed by atoms with Crippen LogP contribution in [0.15, 0.2) is 78.9 Å². The lowest BCUT2D eigenvalue weighted by Crippen LogP contribution is -2.39. The number of para-hydroxylation sites is 1. The maximum absolute atomic E-state index is 12.6. The molecule has 0 unspecified atom stereocenters. The molecule has 3 aromatic carbocycles. The van der Waals surface area contributed by atoms with Crippen molar-refractivity contribution in [1.82, 2.24) is 4.90 Å². The van der Waals surface area contributed by atoms with E-state index in [9.17, 15) is 4.79 Å². The first-order valence-electron chi connectivity index (χ1n) is 12.6. The smallest absolute Gasteiger partial charge is 0.410 e. The minimum absolute atomic E-state index is 0.0634. The van der Waals surface area contributed by atoms with Gasteiger partial charge in [0.05, 0.1) is 39.0 Å². The van der Waals surface area contributed by atoms with Crippen LogP contribution in [-0.2, 0) is 28.9 Å². The lowest BCUT2D eigenvalue weighted by Gasteiger charge is -2.24. The Labute approximate surface area is 213 Å². The number of hydrogen-bond acceptors (Lipinski definition) is 5. The minimum atomic E-state index is -0.316. The largest absolute Gasteiger partial charge is 0.497 e. The molecule has 36 heavy (non-hydrogen) atoms. The number of ether oxygens (including phenoxy) is 4. The molecule has 0 aliphatic carbocycles. The fourth-order valence-electron chi connectivity index (χ4n) is 4.51. The van der Waals surface area contributed by atoms with Crippen LogP contribution < -0.4 is 9.47 Å². The van der Waals surface area contributed by atoms with E-state index in [0.717, 1.165) is 35.5 Å².